The number of thioether (sulfide) groups is 1. The van der Waals surface area contributed by atoms with Gasteiger partial charge in [-0.05, 0) is 60.7 Å². The maximum atomic E-state index is 12.0. The zero-order chi connectivity index (χ0) is 17.5. The fourth-order valence-corrected chi connectivity index (χ4v) is 2.80. The summed E-state index contributed by atoms with van der Waals surface area (Å²) in [6.07, 6.45) is 1.71. The highest BCUT2D eigenvalue weighted by Crippen LogP contribution is 2.24. The van der Waals surface area contributed by atoms with Crippen LogP contribution in [0.3, 0.4) is 0 Å². The van der Waals surface area contributed by atoms with Crippen molar-refractivity contribution < 1.29 is 9.53 Å². The van der Waals surface area contributed by atoms with Gasteiger partial charge in [0.2, 0.25) is 5.91 Å². The molecule has 4 nitrogen and oxygen atoms in total. The summed E-state index contributed by atoms with van der Waals surface area (Å²) in [6.45, 7) is 0. The Labute approximate surface area is 155 Å². The van der Waals surface area contributed by atoms with Crippen molar-refractivity contribution in [2.45, 2.75) is 5.03 Å². The van der Waals surface area contributed by atoms with Crippen molar-refractivity contribution in [3.05, 3.63) is 77.9 Å². The second-order valence-corrected chi connectivity index (χ2v) is 6.52. The van der Waals surface area contributed by atoms with E-state index in [4.69, 9.17) is 16.3 Å². The first-order valence-corrected chi connectivity index (χ1v) is 8.92. The average Bonchev–Trinajstić information content (AvgIpc) is 2.64. The molecular formula is C19H15ClN2O2S. The van der Waals surface area contributed by atoms with E-state index in [1.165, 1.54) is 11.8 Å². The third kappa shape index (κ3) is 5.52. The summed E-state index contributed by atoms with van der Waals surface area (Å²) in [4.78, 5) is 16.2. The molecule has 2 aromatic carbocycles. The normalized spacial score (nSPS) is 10.3. The summed E-state index contributed by atoms with van der Waals surface area (Å²) >= 11 is 7.24. The summed E-state index contributed by atoms with van der Waals surface area (Å²) < 4.78 is 5.71. The molecule has 0 aliphatic carbocycles. The fourth-order valence-electron chi connectivity index (χ4n) is 2.01. The van der Waals surface area contributed by atoms with Crippen LogP contribution in [0.4, 0.5) is 5.69 Å². The fraction of sp³-hybridized carbons (Fsp3) is 0.0526. The Balaban J connectivity index is 1.51. The highest BCUT2D eigenvalue weighted by molar-refractivity contribution is 7.99. The molecule has 0 radical (unpaired) electrons. The first-order valence-electron chi connectivity index (χ1n) is 7.56. The minimum atomic E-state index is -0.0815. The van der Waals surface area contributed by atoms with E-state index >= 15 is 0 Å². The molecule has 6 heteroatoms. The minimum absolute atomic E-state index is 0.0815. The van der Waals surface area contributed by atoms with Crippen LogP contribution in [0.1, 0.15) is 0 Å². The number of hydrogen-bond acceptors (Lipinski definition) is 4. The zero-order valence-corrected chi connectivity index (χ0v) is 14.8. The molecule has 0 fully saturated rings. The molecule has 1 heterocycles. The van der Waals surface area contributed by atoms with E-state index in [1.807, 2.05) is 18.2 Å². The Morgan fingerprint density at radius 3 is 2.32 bits per heavy atom. The standard InChI is InChI=1S/C19H15ClN2O2S/c20-14-4-8-16(9-5-14)24-17-10-6-15(7-11-17)22-18(23)13-25-19-3-1-2-12-21-19/h1-12H,13H2,(H,22,23). The average molecular weight is 371 g/mol. The number of nitrogens with one attached hydrogen (secondary N) is 1. The van der Waals surface area contributed by atoms with Gasteiger partial charge in [-0.2, -0.15) is 0 Å². The number of amides is 1. The van der Waals surface area contributed by atoms with Crippen molar-refractivity contribution in [1.29, 1.82) is 0 Å². The highest BCUT2D eigenvalue weighted by atomic mass is 35.5. The number of nitrogens with zero attached hydrogens (tertiary/aromatic N) is 1. The monoisotopic (exact) mass is 370 g/mol. The molecule has 3 aromatic rings. The summed E-state index contributed by atoms with van der Waals surface area (Å²) in [6, 6.07) is 20.0. The predicted octanol–water partition coefficient (Wildman–Crippen LogP) is 5.26. The van der Waals surface area contributed by atoms with Gasteiger partial charge in [0.25, 0.3) is 0 Å². The van der Waals surface area contributed by atoms with Gasteiger partial charge in [0.15, 0.2) is 0 Å². The van der Waals surface area contributed by atoms with Crippen LogP contribution in [0.15, 0.2) is 78.0 Å². The predicted molar refractivity (Wildman–Crippen MR) is 102 cm³/mol. The maximum absolute atomic E-state index is 12.0. The van der Waals surface area contributed by atoms with Crippen LogP contribution in [0.5, 0.6) is 11.5 Å². The van der Waals surface area contributed by atoms with Gasteiger partial charge < -0.3 is 10.1 Å². The number of anilines is 1. The Kier molecular flexibility index (Phi) is 5.93. The minimum Gasteiger partial charge on any atom is -0.457 e. The van der Waals surface area contributed by atoms with Crippen molar-refractivity contribution >= 4 is 35.0 Å². The lowest BCUT2D eigenvalue weighted by atomic mass is 10.3. The number of carbonyl (C=O) groups is 1. The van der Waals surface area contributed by atoms with Crippen LogP contribution in [-0.4, -0.2) is 16.6 Å². The Morgan fingerprint density at radius 2 is 1.68 bits per heavy atom. The van der Waals surface area contributed by atoms with Crippen molar-refractivity contribution in [2.75, 3.05) is 11.1 Å². The molecule has 0 saturated carbocycles. The number of carbonyl (C=O) groups excluding carboxylic acids is 1. The van der Waals surface area contributed by atoms with Crippen molar-refractivity contribution in [3.63, 3.8) is 0 Å². The van der Waals surface area contributed by atoms with E-state index in [2.05, 4.69) is 10.3 Å². The molecule has 0 atom stereocenters. The number of ether oxygens (including phenoxy) is 1. The highest BCUT2D eigenvalue weighted by Gasteiger charge is 2.05. The van der Waals surface area contributed by atoms with E-state index < -0.39 is 0 Å². The molecular weight excluding hydrogens is 356 g/mol. The molecule has 1 aromatic heterocycles. The summed E-state index contributed by atoms with van der Waals surface area (Å²) in [7, 11) is 0. The molecule has 0 aliphatic rings. The lowest BCUT2D eigenvalue weighted by Gasteiger charge is -2.08. The second kappa shape index (κ2) is 8.55. The van der Waals surface area contributed by atoms with Gasteiger partial charge in [0.1, 0.15) is 11.5 Å². The quantitative estimate of drug-likeness (QED) is 0.601. The first kappa shape index (κ1) is 17.3. The smallest absolute Gasteiger partial charge is 0.234 e. The summed E-state index contributed by atoms with van der Waals surface area (Å²) in [5.74, 6) is 1.61. The molecule has 0 unspecified atom stereocenters. The number of hydrogen-bond donors (Lipinski definition) is 1. The van der Waals surface area contributed by atoms with Crippen LogP contribution in [0.25, 0.3) is 0 Å². The van der Waals surface area contributed by atoms with Crippen molar-refractivity contribution in [3.8, 4) is 11.5 Å². The molecule has 3 rings (SSSR count). The summed E-state index contributed by atoms with van der Waals surface area (Å²) in [5.41, 5.74) is 0.718. The Morgan fingerprint density at radius 1 is 1.00 bits per heavy atom. The van der Waals surface area contributed by atoms with Gasteiger partial charge in [-0.1, -0.05) is 29.4 Å². The number of pyridine rings is 1. The lowest BCUT2D eigenvalue weighted by molar-refractivity contribution is -0.113. The van der Waals surface area contributed by atoms with Crippen LogP contribution in [-0.2, 0) is 4.79 Å². The van der Waals surface area contributed by atoms with Gasteiger partial charge in [-0.15, -0.1) is 0 Å². The number of halogens is 1. The largest absolute Gasteiger partial charge is 0.457 e. The molecule has 0 saturated heterocycles. The number of benzene rings is 2. The zero-order valence-electron chi connectivity index (χ0n) is 13.2. The van der Waals surface area contributed by atoms with Gasteiger partial charge >= 0.3 is 0 Å². The van der Waals surface area contributed by atoms with Gasteiger partial charge in [0, 0.05) is 16.9 Å². The molecule has 0 bridgehead atoms. The molecule has 1 N–H and O–H groups in total. The van der Waals surface area contributed by atoms with E-state index in [0.29, 0.717) is 22.3 Å². The molecule has 0 spiro atoms. The van der Waals surface area contributed by atoms with Crippen LogP contribution >= 0.6 is 23.4 Å². The second-order valence-electron chi connectivity index (χ2n) is 5.09. The lowest BCUT2D eigenvalue weighted by Crippen LogP contribution is -2.13. The van der Waals surface area contributed by atoms with Gasteiger partial charge in [0.05, 0.1) is 10.8 Å². The topological polar surface area (TPSA) is 51.2 Å². The summed E-state index contributed by atoms with van der Waals surface area (Å²) in [5, 5.41) is 4.33. The Hall–Kier alpha value is -2.50. The van der Waals surface area contributed by atoms with Crippen LogP contribution in [0, 0.1) is 0 Å². The maximum Gasteiger partial charge on any atom is 0.234 e. The Bertz CT molecular complexity index is 824. The van der Waals surface area contributed by atoms with Gasteiger partial charge in [-0.3, -0.25) is 4.79 Å². The number of aromatic nitrogens is 1. The van der Waals surface area contributed by atoms with Crippen molar-refractivity contribution in [2.24, 2.45) is 0 Å². The third-order valence-corrected chi connectivity index (χ3v) is 4.37. The molecule has 126 valence electrons. The van der Waals surface area contributed by atoms with Crippen molar-refractivity contribution in [1.82, 2.24) is 4.98 Å². The van der Waals surface area contributed by atoms with E-state index in [1.54, 1.807) is 54.7 Å². The van der Waals surface area contributed by atoms with E-state index in [0.717, 1.165) is 10.7 Å². The molecule has 25 heavy (non-hydrogen) atoms. The third-order valence-electron chi connectivity index (χ3n) is 3.18. The molecule has 1 amide bonds. The van der Waals surface area contributed by atoms with Crippen LogP contribution in [0.2, 0.25) is 5.02 Å². The molecule has 0 aliphatic heterocycles. The first-order chi connectivity index (χ1) is 12.2. The van der Waals surface area contributed by atoms with E-state index in [9.17, 15) is 4.79 Å². The number of rotatable bonds is 6. The van der Waals surface area contributed by atoms with Gasteiger partial charge in [-0.25, -0.2) is 4.98 Å². The van der Waals surface area contributed by atoms with Crippen LogP contribution < -0.4 is 10.1 Å². The SMILES string of the molecule is O=C(CSc1ccccn1)Nc1ccc(Oc2ccc(Cl)cc2)cc1. The van der Waals surface area contributed by atoms with E-state index in [-0.39, 0.29) is 5.91 Å².